The number of anilines is 1. The molecule has 0 bridgehead atoms. The minimum absolute atomic E-state index is 0.127. The predicted octanol–water partition coefficient (Wildman–Crippen LogP) is 3.27. The van der Waals surface area contributed by atoms with Gasteiger partial charge in [0.1, 0.15) is 0 Å². The highest BCUT2D eigenvalue weighted by Crippen LogP contribution is 2.40. The maximum absolute atomic E-state index is 9.18. The Labute approximate surface area is 100 Å². The monoisotopic (exact) mass is 225 g/mol. The summed E-state index contributed by atoms with van der Waals surface area (Å²) in [4.78, 5) is 3.23. The molecule has 1 aliphatic rings. The molecule has 1 saturated carbocycles. The van der Waals surface area contributed by atoms with E-state index in [-0.39, 0.29) is 5.41 Å². The van der Waals surface area contributed by atoms with Gasteiger partial charge in [-0.3, -0.25) is 0 Å². The van der Waals surface area contributed by atoms with Gasteiger partial charge in [0.05, 0.1) is 17.2 Å². The van der Waals surface area contributed by atoms with Crippen LogP contribution in [0.5, 0.6) is 0 Å². The lowest BCUT2D eigenvalue weighted by molar-refractivity contribution is 0.233. The summed E-state index contributed by atoms with van der Waals surface area (Å²) >= 11 is 0. The van der Waals surface area contributed by atoms with Crippen LogP contribution >= 0.6 is 0 Å². The Balaban J connectivity index is 1.79. The molecule has 0 aliphatic heterocycles. The molecule has 0 amide bonds. The second kappa shape index (κ2) is 3.81. The quantitative estimate of drug-likeness (QED) is 0.842. The van der Waals surface area contributed by atoms with E-state index >= 15 is 0 Å². The maximum Gasteiger partial charge on any atom is 0.0746 e. The minimum Gasteiger partial charge on any atom is -0.382 e. The van der Waals surface area contributed by atoms with Crippen LogP contribution in [0.15, 0.2) is 30.5 Å². The molecule has 3 nitrogen and oxygen atoms in total. The summed E-state index contributed by atoms with van der Waals surface area (Å²) in [5.74, 6) is 0. The van der Waals surface area contributed by atoms with Crippen LogP contribution < -0.4 is 5.32 Å². The fourth-order valence-electron chi connectivity index (χ4n) is 2.41. The molecule has 0 radical (unpaired) electrons. The molecular weight excluding hydrogens is 210 g/mol. The van der Waals surface area contributed by atoms with E-state index in [4.69, 9.17) is 0 Å². The van der Waals surface area contributed by atoms with Crippen LogP contribution in [0, 0.1) is 16.7 Å². The maximum atomic E-state index is 9.18. The number of aromatic amines is 1. The molecule has 3 heteroatoms. The standard InChI is InChI=1S/C14H15N3/c15-9-14(6-3-7-14)10-17-13-8-16-12-5-2-1-4-11(12)13/h1-2,4-5,8,16-17H,3,6-7,10H2. The number of fused-ring (bicyclic) bond motifs is 1. The number of H-pyrrole nitrogens is 1. The second-order valence-electron chi connectivity index (χ2n) is 4.85. The Morgan fingerprint density at radius 2 is 2.18 bits per heavy atom. The summed E-state index contributed by atoms with van der Waals surface area (Å²) in [5, 5.41) is 13.8. The number of para-hydroxylation sites is 1. The first-order valence-electron chi connectivity index (χ1n) is 6.04. The highest BCUT2D eigenvalue weighted by molar-refractivity contribution is 5.92. The third-order valence-corrected chi connectivity index (χ3v) is 3.75. The largest absolute Gasteiger partial charge is 0.382 e. The molecule has 1 aromatic heterocycles. The van der Waals surface area contributed by atoms with Crippen molar-refractivity contribution < 1.29 is 0 Å². The SMILES string of the molecule is N#CC1(CNc2c[nH]c3ccccc23)CCC1. The van der Waals surface area contributed by atoms with E-state index in [1.165, 1.54) is 11.8 Å². The molecule has 3 rings (SSSR count). The van der Waals surface area contributed by atoms with Gasteiger partial charge >= 0.3 is 0 Å². The van der Waals surface area contributed by atoms with Crippen LogP contribution in [0.25, 0.3) is 10.9 Å². The number of nitriles is 1. The van der Waals surface area contributed by atoms with Gasteiger partial charge in [0, 0.05) is 23.6 Å². The van der Waals surface area contributed by atoms with Crippen molar-refractivity contribution in [1.29, 1.82) is 5.26 Å². The Kier molecular flexibility index (Phi) is 2.29. The smallest absolute Gasteiger partial charge is 0.0746 e. The summed E-state index contributed by atoms with van der Waals surface area (Å²) in [6.45, 7) is 0.755. The lowest BCUT2D eigenvalue weighted by Crippen LogP contribution is -2.34. The summed E-state index contributed by atoms with van der Waals surface area (Å²) in [6, 6.07) is 10.7. The predicted molar refractivity (Wildman–Crippen MR) is 68.7 cm³/mol. The summed E-state index contributed by atoms with van der Waals surface area (Å²) in [5.41, 5.74) is 2.11. The van der Waals surface area contributed by atoms with Gasteiger partial charge in [-0.15, -0.1) is 0 Å². The van der Waals surface area contributed by atoms with Gasteiger partial charge in [-0.25, -0.2) is 0 Å². The van der Waals surface area contributed by atoms with Crippen LogP contribution in [-0.2, 0) is 0 Å². The van der Waals surface area contributed by atoms with Gasteiger partial charge in [0.2, 0.25) is 0 Å². The summed E-state index contributed by atoms with van der Waals surface area (Å²) < 4.78 is 0. The van der Waals surface area contributed by atoms with Crippen molar-refractivity contribution in [2.45, 2.75) is 19.3 Å². The van der Waals surface area contributed by atoms with Crippen LogP contribution in [0.3, 0.4) is 0 Å². The van der Waals surface area contributed by atoms with E-state index in [9.17, 15) is 5.26 Å². The molecule has 1 aliphatic carbocycles. The Hall–Kier alpha value is -1.95. The van der Waals surface area contributed by atoms with Gasteiger partial charge in [-0.1, -0.05) is 24.6 Å². The number of hydrogen-bond donors (Lipinski definition) is 2. The van der Waals surface area contributed by atoms with Gasteiger partial charge in [-0.2, -0.15) is 5.26 Å². The fourth-order valence-corrected chi connectivity index (χ4v) is 2.41. The zero-order chi connectivity index (χ0) is 11.7. The molecule has 0 unspecified atom stereocenters. The third kappa shape index (κ3) is 1.66. The van der Waals surface area contributed by atoms with E-state index in [0.29, 0.717) is 0 Å². The normalized spacial score (nSPS) is 17.4. The molecule has 1 heterocycles. The first kappa shape index (κ1) is 10.2. The van der Waals surface area contributed by atoms with Gasteiger partial charge in [0.15, 0.2) is 0 Å². The molecule has 1 fully saturated rings. The highest BCUT2D eigenvalue weighted by atomic mass is 14.9. The molecular formula is C14H15N3. The van der Waals surface area contributed by atoms with Crippen molar-refractivity contribution in [2.24, 2.45) is 5.41 Å². The average Bonchev–Trinajstić information content (AvgIpc) is 2.72. The first-order chi connectivity index (χ1) is 8.33. The zero-order valence-electron chi connectivity index (χ0n) is 9.66. The molecule has 0 spiro atoms. The third-order valence-electron chi connectivity index (χ3n) is 3.75. The van der Waals surface area contributed by atoms with E-state index in [0.717, 1.165) is 30.6 Å². The van der Waals surface area contributed by atoms with Crippen molar-refractivity contribution in [2.75, 3.05) is 11.9 Å². The van der Waals surface area contributed by atoms with Crippen LogP contribution in [0.4, 0.5) is 5.69 Å². The average molecular weight is 225 g/mol. The van der Waals surface area contributed by atoms with Crippen molar-refractivity contribution in [3.63, 3.8) is 0 Å². The van der Waals surface area contributed by atoms with E-state index < -0.39 is 0 Å². The number of aromatic nitrogens is 1. The Morgan fingerprint density at radius 1 is 1.35 bits per heavy atom. The lowest BCUT2D eigenvalue weighted by atomic mass is 9.70. The van der Waals surface area contributed by atoms with E-state index in [1.54, 1.807) is 0 Å². The Bertz CT molecular complexity index is 572. The van der Waals surface area contributed by atoms with Crippen LogP contribution in [0.1, 0.15) is 19.3 Å². The van der Waals surface area contributed by atoms with E-state index in [1.807, 2.05) is 18.3 Å². The minimum atomic E-state index is -0.127. The fraction of sp³-hybridized carbons (Fsp3) is 0.357. The van der Waals surface area contributed by atoms with Crippen LogP contribution in [0.2, 0.25) is 0 Å². The van der Waals surface area contributed by atoms with Gasteiger partial charge in [-0.05, 0) is 18.9 Å². The summed E-state index contributed by atoms with van der Waals surface area (Å²) in [6.07, 6.45) is 5.22. The van der Waals surface area contributed by atoms with Gasteiger partial charge in [0.25, 0.3) is 0 Å². The molecule has 86 valence electrons. The highest BCUT2D eigenvalue weighted by Gasteiger charge is 2.36. The second-order valence-corrected chi connectivity index (χ2v) is 4.85. The van der Waals surface area contributed by atoms with Crippen LogP contribution in [-0.4, -0.2) is 11.5 Å². The lowest BCUT2D eigenvalue weighted by Gasteiger charge is -2.35. The van der Waals surface area contributed by atoms with E-state index in [2.05, 4.69) is 28.5 Å². The van der Waals surface area contributed by atoms with Gasteiger partial charge < -0.3 is 10.3 Å². The molecule has 2 N–H and O–H groups in total. The Morgan fingerprint density at radius 3 is 2.88 bits per heavy atom. The topological polar surface area (TPSA) is 51.6 Å². The molecule has 0 saturated heterocycles. The van der Waals surface area contributed by atoms with Crippen molar-refractivity contribution in [3.05, 3.63) is 30.5 Å². The molecule has 2 aromatic rings. The molecule has 0 atom stereocenters. The van der Waals surface area contributed by atoms with Crippen molar-refractivity contribution in [3.8, 4) is 6.07 Å². The number of benzene rings is 1. The number of nitrogens with one attached hydrogen (secondary N) is 2. The van der Waals surface area contributed by atoms with Crippen molar-refractivity contribution in [1.82, 2.24) is 4.98 Å². The molecule has 17 heavy (non-hydrogen) atoms. The zero-order valence-corrected chi connectivity index (χ0v) is 9.66. The number of rotatable bonds is 3. The first-order valence-corrected chi connectivity index (χ1v) is 6.04. The molecule has 1 aromatic carbocycles. The number of nitrogens with zero attached hydrogens (tertiary/aromatic N) is 1. The van der Waals surface area contributed by atoms with Crippen molar-refractivity contribution >= 4 is 16.6 Å². The number of hydrogen-bond acceptors (Lipinski definition) is 2. The summed E-state index contributed by atoms with van der Waals surface area (Å²) in [7, 11) is 0.